The third kappa shape index (κ3) is 2.04. The van der Waals surface area contributed by atoms with Crippen LogP contribution in [0.2, 0.25) is 0 Å². The zero-order valence-corrected chi connectivity index (χ0v) is 11.1. The number of fused-ring (bicyclic) bond motifs is 1. The summed E-state index contributed by atoms with van der Waals surface area (Å²) in [5, 5.41) is 14.9. The third-order valence-corrected chi connectivity index (χ3v) is 4.77. The molecule has 98 valence electrons. The van der Waals surface area contributed by atoms with Crippen LogP contribution in [0.3, 0.4) is 0 Å². The second kappa shape index (κ2) is 4.74. The van der Waals surface area contributed by atoms with Crippen LogP contribution in [0.4, 0.5) is 0 Å². The van der Waals surface area contributed by atoms with E-state index >= 15 is 0 Å². The molecule has 1 saturated heterocycles. The minimum Gasteiger partial charge on any atom is -0.336 e. The summed E-state index contributed by atoms with van der Waals surface area (Å²) in [5.41, 5.74) is 0.677. The van der Waals surface area contributed by atoms with Crippen molar-refractivity contribution in [3.63, 3.8) is 0 Å². The number of carbonyl (C=O) groups excluding carboxylic acids is 2. The fourth-order valence-electron chi connectivity index (χ4n) is 2.00. The predicted octanol–water partition coefficient (Wildman–Crippen LogP) is 0.142. The largest absolute Gasteiger partial charge is 0.336 e. The number of amides is 2. The number of hydrogen-bond donors (Lipinski definition) is 2. The van der Waals surface area contributed by atoms with E-state index in [0.29, 0.717) is 5.69 Å². The molecule has 9 heteroatoms. The maximum atomic E-state index is 12.0. The van der Waals surface area contributed by atoms with Crippen LogP contribution in [0.5, 0.6) is 0 Å². The summed E-state index contributed by atoms with van der Waals surface area (Å²) in [7, 11) is 0. The smallest absolute Gasteiger partial charge is 0.262 e. The van der Waals surface area contributed by atoms with Gasteiger partial charge in [-0.2, -0.15) is 0 Å². The third-order valence-electron chi connectivity index (χ3n) is 2.90. The lowest BCUT2D eigenvalue weighted by atomic mass is 9.95. The zero-order chi connectivity index (χ0) is 13.4. The van der Waals surface area contributed by atoms with Gasteiger partial charge < -0.3 is 15.6 Å². The van der Waals surface area contributed by atoms with Crippen LogP contribution in [0.1, 0.15) is 11.6 Å². The van der Waals surface area contributed by atoms with E-state index in [1.165, 1.54) is 23.3 Å². The van der Waals surface area contributed by atoms with Crippen molar-refractivity contribution in [3.8, 4) is 0 Å². The SMILES string of the molecule is N=CC(=O)NC1C=CN2C(=O)[C@@H](c3csnn3)[C@@H]2S1. The van der Waals surface area contributed by atoms with Crippen LogP contribution in [-0.2, 0) is 9.59 Å². The van der Waals surface area contributed by atoms with Gasteiger partial charge in [0.2, 0.25) is 5.91 Å². The van der Waals surface area contributed by atoms with Crippen LogP contribution >= 0.6 is 23.3 Å². The average molecular weight is 295 g/mol. The summed E-state index contributed by atoms with van der Waals surface area (Å²) in [4.78, 5) is 24.7. The summed E-state index contributed by atoms with van der Waals surface area (Å²) < 4.78 is 3.77. The Morgan fingerprint density at radius 3 is 3.11 bits per heavy atom. The highest BCUT2D eigenvalue weighted by atomic mass is 32.2. The van der Waals surface area contributed by atoms with Gasteiger partial charge in [-0.25, -0.2) is 0 Å². The van der Waals surface area contributed by atoms with Crippen molar-refractivity contribution in [2.75, 3.05) is 0 Å². The van der Waals surface area contributed by atoms with E-state index < -0.39 is 5.91 Å². The molecule has 1 aromatic heterocycles. The molecule has 2 aliphatic rings. The Labute approximate surface area is 116 Å². The van der Waals surface area contributed by atoms with Crippen molar-refractivity contribution in [1.29, 1.82) is 5.41 Å². The normalized spacial score (nSPS) is 28.5. The summed E-state index contributed by atoms with van der Waals surface area (Å²) in [6, 6.07) is 0. The molecule has 0 radical (unpaired) electrons. The molecule has 3 rings (SSSR count). The molecule has 0 spiro atoms. The van der Waals surface area contributed by atoms with Gasteiger partial charge in [-0.3, -0.25) is 9.59 Å². The Hall–Kier alpha value is -1.74. The fourth-order valence-corrected chi connectivity index (χ4v) is 3.85. The first-order chi connectivity index (χ1) is 9.20. The molecule has 1 fully saturated rings. The van der Waals surface area contributed by atoms with E-state index in [2.05, 4.69) is 14.9 Å². The molecule has 2 N–H and O–H groups in total. The lowest BCUT2D eigenvalue weighted by molar-refractivity contribution is -0.140. The molecule has 2 aliphatic heterocycles. The van der Waals surface area contributed by atoms with Gasteiger partial charge in [0, 0.05) is 11.6 Å². The van der Waals surface area contributed by atoms with Crippen LogP contribution in [0.15, 0.2) is 17.7 Å². The molecule has 7 nitrogen and oxygen atoms in total. The van der Waals surface area contributed by atoms with Crippen molar-refractivity contribution in [3.05, 3.63) is 23.3 Å². The molecule has 3 atom stereocenters. The topological polar surface area (TPSA) is 99.0 Å². The number of aromatic nitrogens is 2. The fraction of sp³-hybridized carbons (Fsp3) is 0.300. The summed E-state index contributed by atoms with van der Waals surface area (Å²) in [6.45, 7) is 0. The number of nitrogens with one attached hydrogen (secondary N) is 2. The maximum Gasteiger partial charge on any atom is 0.262 e. The molecule has 1 unspecified atom stereocenters. The standard InChI is InChI=1S/C10H9N5O2S2/c11-3-6(16)12-7-1-2-15-9(17)8(10(15)19-7)5-4-18-14-13-5/h1-4,7-8,10-11H,(H,12,16)/t7?,8-,10+/m1/s1. The minimum atomic E-state index is -0.451. The van der Waals surface area contributed by atoms with Gasteiger partial charge in [-0.1, -0.05) is 4.49 Å². The van der Waals surface area contributed by atoms with E-state index in [1.54, 1.807) is 22.6 Å². The lowest BCUT2D eigenvalue weighted by Gasteiger charge is -2.47. The molecule has 2 amide bonds. The number of rotatable bonds is 3. The van der Waals surface area contributed by atoms with Crippen molar-refractivity contribution < 1.29 is 9.59 Å². The number of thioether (sulfide) groups is 1. The second-order valence-corrected chi connectivity index (χ2v) is 5.87. The van der Waals surface area contributed by atoms with Crippen molar-refractivity contribution >= 4 is 41.3 Å². The van der Waals surface area contributed by atoms with Crippen LogP contribution in [0, 0.1) is 5.41 Å². The number of hydrogen-bond acceptors (Lipinski definition) is 7. The highest BCUT2D eigenvalue weighted by Crippen LogP contribution is 2.45. The molecule has 0 aromatic carbocycles. The van der Waals surface area contributed by atoms with Gasteiger partial charge in [-0.15, -0.1) is 16.9 Å². The Morgan fingerprint density at radius 2 is 2.42 bits per heavy atom. The zero-order valence-electron chi connectivity index (χ0n) is 9.52. The van der Waals surface area contributed by atoms with Gasteiger partial charge >= 0.3 is 0 Å². The first-order valence-corrected chi connectivity index (χ1v) is 7.22. The number of carbonyl (C=O) groups is 2. The van der Waals surface area contributed by atoms with Gasteiger partial charge in [-0.05, 0) is 17.6 Å². The number of β-lactam (4-membered cyclic amide) rings is 1. The van der Waals surface area contributed by atoms with Gasteiger partial charge in [0.15, 0.2) is 0 Å². The summed E-state index contributed by atoms with van der Waals surface area (Å²) in [6.07, 6.45) is 4.14. The van der Waals surface area contributed by atoms with Crippen LogP contribution in [-0.4, -0.2) is 43.3 Å². The molecule has 0 saturated carbocycles. The van der Waals surface area contributed by atoms with E-state index in [9.17, 15) is 9.59 Å². The van der Waals surface area contributed by atoms with E-state index in [-0.39, 0.29) is 22.6 Å². The van der Waals surface area contributed by atoms with E-state index in [1.807, 2.05) is 0 Å². The van der Waals surface area contributed by atoms with Gasteiger partial charge in [0.1, 0.15) is 11.3 Å². The Kier molecular flexibility index (Phi) is 3.07. The monoisotopic (exact) mass is 295 g/mol. The van der Waals surface area contributed by atoms with E-state index in [4.69, 9.17) is 5.41 Å². The van der Waals surface area contributed by atoms with Crippen LogP contribution < -0.4 is 5.32 Å². The molecule has 19 heavy (non-hydrogen) atoms. The minimum absolute atomic E-state index is 0.00159. The molecule has 1 aromatic rings. The van der Waals surface area contributed by atoms with Crippen molar-refractivity contribution in [1.82, 2.24) is 19.8 Å². The Bertz CT molecular complexity index is 558. The molecule has 0 bridgehead atoms. The number of nitrogens with zero attached hydrogens (tertiary/aromatic N) is 3. The lowest BCUT2D eigenvalue weighted by Crippen LogP contribution is -2.58. The average Bonchev–Trinajstić information content (AvgIpc) is 2.91. The van der Waals surface area contributed by atoms with E-state index in [0.717, 1.165) is 6.21 Å². The molecule has 0 aliphatic carbocycles. The van der Waals surface area contributed by atoms with Gasteiger partial charge in [0.25, 0.3) is 5.91 Å². The summed E-state index contributed by atoms with van der Waals surface area (Å²) in [5.74, 6) is -0.750. The quantitative estimate of drug-likeness (QED) is 0.610. The van der Waals surface area contributed by atoms with Crippen molar-refractivity contribution in [2.45, 2.75) is 16.7 Å². The van der Waals surface area contributed by atoms with Crippen LogP contribution in [0.25, 0.3) is 0 Å². The van der Waals surface area contributed by atoms with Crippen molar-refractivity contribution in [2.24, 2.45) is 0 Å². The summed E-state index contributed by atoms with van der Waals surface area (Å²) >= 11 is 2.67. The molecular weight excluding hydrogens is 286 g/mol. The first kappa shape index (κ1) is 12.3. The predicted molar refractivity (Wildman–Crippen MR) is 70.7 cm³/mol. The molecule has 3 heterocycles. The molecular formula is C10H9N5O2S2. The van der Waals surface area contributed by atoms with Gasteiger partial charge in [0.05, 0.1) is 17.3 Å². The highest BCUT2D eigenvalue weighted by Gasteiger charge is 2.51. The highest BCUT2D eigenvalue weighted by molar-refractivity contribution is 8.00. The maximum absolute atomic E-state index is 12.0. The Morgan fingerprint density at radius 1 is 1.58 bits per heavy atom. The second-order valence-electron chi connectivity index (χ2n) is 3.99. The first-order valence-electron chi connectivity index (χ1n) is 5.44. The Balaban J connectivity index is 1.75.